The lowest BCUT2D eigenvalue weighted by Gasteiger charge is -2.23. The van der Waals surface area contributed by atoms with Crippen molar-refractivity contribution in [2.24, 2.45) is 10.9 Å². The first-order valence-electron chi connectivity index (χ1n) is 9.08. The molecular formula is C17H34N4O2. The quantitative estimate of drug-likeness (QED) is 0.357. The van der Waals surface area contributed by atoms with Gasteiger partial charge in [-0.3, -0.25) is 4.99 Å². The van der Waals surface area contributed by atoms with Gasteiger partial charge in [0.15, 0.2) is 5.96 Å². The molecule has 1 saturated carbocycles. The first kappa shape index (κ1) is 18.5. The van der Waals surface area contributed by atoms with Gasteiger partial charge in [-0.15, -0.1) is 0 Å². The van der Waals surface area contributed by atoms with Gasteiger partial charge in [-0.25, -0.2) is 0 Å². The van der Waals surface area contributed by atoms with E-state index in [0.29, 0.717) is 12.1 Å². The number of likely N-dealkylation sites (N-methyl/N-ethyl adjacent to an activating group) is 1. The van der Waals surface area contributed by atoms with Gasteiger partial charge in [-0.2, -0.15) is 0 Å². The molecule has 2 rings (SSSR count). The summed E-state index contributed by atoms with van der Waals surface area (Å²) in [6, 6.07) is 0.566. The standard InChI is InChI=1S/C17H34N4O2/c1-4-18-17(20-12-16(21(2)3)14-6-7-14)19-9-5-10-23-15-8-11-22-13-15/h14-16H,4-13H2,1-3H3,(H2,18,19,20). The first-order valence-corrected chi connectivity index (χ1v) is 9.08. The molecule has 0 aromatic carbocycles. The van der Waals surface area contributed by atoms with Crippen molar-refractivity contribution in [2.75, 3.05) is 53.6 Å². The van der Waals surface area contributed by atoms with Crippen LogP contribution in [-0.4, -0.2) is 76.6 Å². The number of nitrogens with zero attached hydrogens (tertiary/aromatic N) is 2. The molecule has 0 spiro atoms. The average molecular weight is 326 g/mol. The maximum atomic E-state index is 5.78. The van der Waals surface area contributed by atoms with E-state index in [1.807, 2.05) is 0 Å². The van der Waals surface area contributed by atoms with Crippen LogP contribution in [0.3, 0.4) is 0 Å². The Balaban J connectivity index is 1.64. The van der Waals surface area contributed by atoms with Gasteiger partial charge in [0.2, 0.25) is 0 Å². The maximum Gasteiger partial charge on any atom is 0.191 e. The van der Waals surface area contributed by atoms with Crippen LogP contribution in [0.4, 0.5) is 0 Å². The van der Waals surface area contributed by atoms with Crippen LogP contribution in [0.5, 0.6) is 0 Å². The van der Waals surface area contributed by atoms with Crippen molar-refractivity contribution in [1.82, 2.24) is 15.5 Å². The highest BCUT2D eigenvalue weighted by Gasteiger charge is 2.32. The summed E-state index contributed by atoms with van der Waals surface area (Å²) in [4.78, 5) is 7.07. The molecule has 2 fully saturated rings. The van der Waals surface area contributed by atoms with Crippen molar-refractivity contribution < 1.29 is 9.47 Å². The lowest BCUT2D eigenvalue weighted by atomic mass is 10.2. The van der Waals surface area contributed by atoms with E-state index in [9.17, 15) is 0 Å². The number of hydrogen-bond donors (Lipinski definition) is 2. The third-order valence-electron chi connectivity index (χ3n) is 4.47. The van der Waals surface area contributed by atoms with Gasteiger partial charge in [-0.1, -0.05) is 0 Å². The van der Waals surface area contributed by atoms with Gasteiger partial charge in [-0.05, 0) is 52.6 Å². The van der Waals surface area contributed by atoms with Crippen molar-refractivity contribution in [3.63, 3.8) is 0 Å². The summed E-state index contributed by atoms with van der Waals surface area (Å²) in [5.41, 5.74) is 0. The second-order valence-electron chi connectivity index (χ2n) is 6.72. The van der Waals surface area contributed by atoms with Gasteiger partial charge in [0.25, 0.3) is 0 Å². The van der Waals surface area contributed by atoms with E-state index in [0.717, 1.165) is 64.2 Å². The van der Waals surface area contributed by atoms with Gasteiger partial charge >= 0.3 is 0 Å². The SMILES string of the molecule is CCNC(=NCC(C1CC1)N(C)C)NCCCOC1CCOC1. The molecule has 0 bridgehead atoms. The van der Waals surface area contributed by atoms with E-state index in [2.05, 4.69) is 36.6 Å². The minimum Gasteiger partial charge on any atom is -0.379 e. The van der Waals surface area contributed by atoms with Crippen molar-refractivity contribution >= 4 is 5.96 Å². The van der Waals surface area contributed by atoms with Crippen LogP contribution in [0.15, 0.2) is 4.99 Å². The monoisotopic (exact) mass is 326 g/mol. The van der Waals surface area contributed by atoms with Crippen LogP contribution < -0.4 is 10.6 Å². The lowest BCUT2D eigenvalue weighted by molar-refractivity contribution is 0.0420. The second kappa shape index (κ2) is 10.1. The third kappa shape index (κ3) is 7.06. The molecule has 134 valence electrons. The average Bonchev–Trinajstić information content (AvgIpc) is 3.22. The van der Waals surface area contributed by atoms with Crippen LogP contribution in [0.1, 0.15) is 32.6 Å². The van der Waals surface area contributed by atoms with Crippen LogP contribution in [0.25, 0.3) is 0 Å². The van der Waals surface area contributed by atoms with Gasteiger partial charge in [0.05, 0.1) is 19.3 Å². The Labute approximate surface area is 141 Å². The summed E-state index contributed by atoms with van der Waals surface area (Å²) in [5.74, 6) is 1.75. The Bertz CT molecular complexity index is 351. The van der Waals surface area contributed by atoms with Gasteiger partial charge in [0, 0.05) is 32.3 Å². The number of rotatable bonds is 10. The number of nitrogens with one attached hydrogen (secondary N) is 2. The summed E-state index contributed by atoms with van der Waals surface area (Å²) in [6.07, 6.45) is 5.02. The number of hydrogen-bond acceptors (Lipinski definition) is 4. The molecule has 0 aromatic rings. The minimum atomic E-state index is 0.302. The highest BCUT2D eigenvalue weighted by Crippen LogP contribution is 2.34. The molecule has 0 amide bonds. The van der Waals surface area contributed by atoms with Crippen molar-refractivity contribution in [3.05, 3.63) is 0 Å². The molecule has 2 N–H and O–H groups in total. The van der Waals surface area contributed by atoms with E-state index in [1.54, 1.807) is 0 Å². The summed E-state index contributed by atoms with van der Waals surface area (Å²) >= 11 is 0. The van der Waals surface area contributed by atoms with Crippen LogP contribution in [-0.2, 0) is 9.47 Å². The van der Waals surface area contributed by atoms with Crippen LogP contribution in [0.2, 0.25) is 0 Å². The molecule has 6 nitrogen and oxygen atoms in total. The Hall–Kier alpha value is -0.850. The van der Waals surface area contributed by atoms with Crippen molar-refractivity contribution in [1.29, 1.82) is 0 Å². The van der Waals surface area contributed by atoms with Crippen LogP contribution >= 0.6 is 0 Å². The molecule has 2 unspecified atom stereocenters. The topological polar surface area (TPSA) is 58.1 Å². The fraction of sp³-hybridized carbons (Fsp3) is 0.941. The molecule has 2 atom stereocenters. The Morgan fingerprint density at radius 3 is 2.74 bits per heavy atom. The summed E-state index contributed by atoms with van der Waals surface area (Å²) < 4.78 is 11.1. The van der Waals surface area contributed by atoms with E-state index >= 15 is 0 Å². The summed E-state index contributed by atoms with van der Waals surface area (Å²) in [6.45, 7) is 7.11. The van der Waals surface area contributed by atoms with Crippen LogP contribution in [0, 0.1) is 5.92 Å². The molecule has 1 saturated heterocycles. The summed E-state index contributed by atoms with van der Waals surface area (Å²) in [5, 5.41) is 6.74. The minimum absolute atomic E-state index is 0.302. The van der Waals surface area contributed by atoms with E-state index < -0.39 is 0 Å². The summed E-state index contributed by atoms with van der Waals surface area (Å²) in [7, 11) is 4.31. The van der Waals surface area contributed by atoms with E-state index in [1.165, 1.54) is 12.8 Å². The van der Waals surface area contributed by atoms with Crippen molar-refractivity contribution in [3.8, 4) is 0 Å². The number of ether oxygens (including phenoxy) is 2. The van der Waals surface area contributed by atoms with Gasteiger partial charge in [0.1, 0.15) is 0 Å². The first-order chi connectivity index (χ1) is 11.2. The maximum absolute atomic E-state index is 5.78. The van der Waals surface area contributed by atoms with Crippen molar-refractivity contribution in [2.45, 2.75) is 44.8 Å². The molecule has 0 aromatic heterocycles. The number of guanidine groups is 1. The molecule has 2 aliphatic rings. The number of aliphatic imine (C=N–C) groups is 1. The molecule has 1 aliphatic carbocycles. The fourth-order valence-electron chi connectivity index (χ4n) is 2.91. The molecule has 1 heterocycles. The Morgan fingerprint density at radius 2 is 2.13 bits per heavy atom. The lowest BCUT2D eigenvalue weighted by Crippen LogP contribution is -2.40. The molecule has 0 radical (unpaired) electrons. The molecular weight excluding hydrogens is 292 g/mol. The van der Waals surface area contributed by atoms with E-state index in [4.69, 9.17) is 14.5 Å². The molecule has 6 heteroatoms. The zero-order valence-corrected chi connectivity index (χ0v) is 15.0. The predicted molar refractivity (Wildman–Crippen MR) is 94.0 cm³/mol. The Morgan fingerprint density at radius 1 is 1.30 bits per heavy atom. The molecule has 1 aliphatic heterocycles. The zero-order valence-electron chi connectivity index (χ0n) is 15.0. The van der Waals surface area contributed by atoms with E-state index in [-0.39, 0.29) is 0 Å². The predicted octanol–water partition coefficient (Wildman–Crippen LogP) is 1.08. The highest BCUT2D eigenvalue weighted by atomic mass is 16.5. The fourth-order valence-corrected chi connectivity index (χ4v) is 2.91. The Kier molecular flexibility index (Phi) is 8.12. The normalized spacial score (nSPS) is 23.3. The molecule has 23 heavy (non-hydrogen) atoms. The third-order valence-corrected chi connectivity index (χ3v) is 4.47. The largest absolute Gasteiger partial charge is 0.379 e. The van der Waals surface area contributed by atoms with Gasteiger partial charge < -0.3 is 25.0 Å². The smallest absolute Gasteiger partial charge is 0.191 e. The second-order valence-corrected chi connectivity index (χ2v) is 6.72. The highest BCUT2D eigenvalue weighted by molar-refractivity contribution is 5.79. The zero-order chi connectivity index (χ0) is 16.5.